The van der Waals surface area contributed by atoms with Crippen molar-refractivity contribution in [2.24, 2.45) is 23.5 Å². The Kier molecular flexibility index (Phi) is 1.17. The molecule has 2 fully saturated rings. The number of fused-ring (bicyclic) bond motifs is 1. The molecule has 0 aromatic rings. The van der Waals surface area contributed by atoms with Gasteiger partial charge in [-0.2, -0.15) is 0 Å². The van der Waals surface area contributed by atoms with Crippen molar-refractivity contribution < 1.29 is 0 Å². The predicted octanol–water partition coefficient (Wildman–Crippen LogP) is 1.77. The summed E-state index contributed by atoms with van der Waals surface area (Å²) in [5.74, 6) is 2.97. The van der Waals surface area contributed by atoms with Crippen LogP contribution in [0.4, 0.5) is 0 Å². The van der Waals surface area contributed by atoms with Gasteiger partial charge in [0, 0.05) is 5.54 Å². The topological polar surface area (TPSA) is 26.0 Å². The summed E-state index contributed by atoms with van der Waals surface area (Å²) in [5, 5.41) is 0. The van der Waals surface area contributed by atoms with E-state index in [1.54, 1.807) is 0 Å². The van der Waals surface area contributed by atoms with E-state index in [0.717, 1.165) is 17.8 Å². The maximum Gasteiger partial charge on any atom is 0.0126 e. The van der Waals surface area contributed by atoms with Gasteiger partial charge >= 0.3 is 0 Å². The largest absolute Gasteiger partial charge is 0.325 e. The normalized spacial score (nSPS) is 45.3. The molecule has 2 atom stereocenters. The average molecular weight is 139 g/mol. The Morgan fingerprint density at radius 1 is 1.10 bits per heavy atom. The molecule has 0 amide bonds. The first kappa shape index (κ1) is 6.66. The monoisotopic (exact) mass is 139 g/mol. The van der Waals surface area contributed by atoms with Crippen LogP contribution in [0.2, 0.25) is 0 Å². The number of hydrogen-bond donors (Lipinski definition) is 1. The average Bonchev–Trinajstić information content (AvgIpc) is 2.38. The Bertz CT molecular complexity index is 135. The first-order valence-electron chi connectivity index (χ1n) is 4.36. The van der Waals surface area contributed by atoms with E-state index in [0.29, 0.717) is 0 Å². The smallest absolute Gasteiger partial charge is 0.0126 e. The van der Waals surface area contributed by atoms with Gasteiger partial charge in [-0.15, -0.1) is 0 Å². The Morgan fingerprint density at radius 3 is 1.90 bits per heavy atom. The quantitative estimate of drug-likeness (QED) is 0.588. The number of nitrogens with two attached hydrogens (primary N) is 1. The van der Waals surface area contributed by atoms with Gasteiger partial charge < -0.3 is 5.73 Å². The summed E-state index contributed by atoms with van der Waals surface area (Å²) in [7, 11) is 0. The lowest BCUT2D eigenvalue weighted by Gasteiger charge is -2.27. The fourth-order valence-corrected chi connectivity index (χ4v) is 2.32. The van der Waals surface area contributed by atoms with Crippen LogP contribution in [0.1, 0.15) is 33.1 Å². The lowest BCUT2D eigenvalue weighted by atomic mass is 9.85. The molecule has 2 aliphatic rings. The third-order valence-corrected chi connectivity index (χ3v) is 3.30. The van der Waals surface area contributed by atoms with E-state index in [-0.39, 0.29) is 5.54 Å². The molecule has 1 heteroatoms. The predicted molar refractivity (Wildman–Crippen MR) is 42.6 cm³/mol. The molecule has 10 heavy (non-hydrogen) atoms. The van der Waals surface area contributed by atoms with Gasteiger partial charge in [0.05, 0.1) is 0 Å². The summed E-state index contributed by atoms with van der Waals surface area (Å²) in [4.78, 5) is 0. The van der Waals surface area contributed by atoms with Crippen LogP contribution in [0, 0.1) is 17.8 Å². The maximum absolute atomic E-state index is 6.02. The molecule has 0 saturated heterocycles. The molecule has 0 aromatic heterocycles. The fourth-order valence-electron chi connectivity index (χ4n) is 2.32. The number of rotatable bonds is 1. The molecule has 0 aromatic carbocycles. The van der Waals surface area contributed by atoms with Crippen LogP contribution < -0.4 is 5.73 Å². The third kappa shape index (κ3) is 0.968. The van der Waals surface area contributed by atoms with Crippen molar-refractivity contribution in [3.8, 4) is 0 Å². The molecule has 58 valence electrons. The first-order chi connectivity index (χ1) is 4.57. The lowest BCUT2D eigenvalue weighted by molar-refractivity contribution is 0.303. The van der Waals surface area contributed by atoms with Crippen molar-refractivity contribution in [3.63, 3.8) is 0 Å². The molecule has 2 N–H and O–H groups in total. The highest BCUT2D eigenvalue weighted by atomic mass is 14.7. The van der Waals surface area contributed by atoms with Crippen molar-refractivity contribution in [2.75, 3.05) is 0 Å². The molecule has 0 heterocycles. The van der Waals surface area contributed by atoms with Gasteiger partial charge in [0.1, 0.15) is 0 Å². The Labute approximate surface area is 63.0 Å². The van der Waals surface area contributed by atoms with Gasteiger partial charge in [-0.1, -0.05) is 0 Å². The van der Waals surface area contributed by atoms with Crippen LogP contribution in [-0.4, -0.2) is 5.54 Å². The standard InChI is InChI=1S/C9H17N/c1-9(2,10)8-4-6-3-7(6)5-8/h6-8H,3-5,10H2,1-2H3. The van der Waals surface area contributed by atoms with Crippen molar-refractivity contribution in [3.05, 3.63) is 0 Å². The molecule has 2 rings (SSSR count). The summed E-state index contributed by atoms with van der Waals surface area (Å²) in [6, 6.07) is 0. The Hall–Kier alpha value is -0.0400. The zero-order valence-corrected chi connectivity index (χ0v) is 6.93. The highest BCUT2D eigenvalue weighted by Gasteiger charge is 2.48. The second-order valence-electron chi connectivity index (χ2n) is 4.75. The highest BCUT2D eigenvalue weighted by Crippen LogP contribution is 2.56. The van der Waals surface area contributed by atoms with Crippen molar-refractivity contribution in [1.82, 2.24) is 0 Å². The molecule has 0 spiro atoms. The summed E-state index contributed by atoms with van der Waals surface area (Å²) in [6.45, 7) is 4.34. The van der Waals surface area contributed by atoms with Crippen LogP contribution in [0.25, 0.3) is 0 Å². The van der Waals surface area contributed by atoms with E-state index >= 15 is 0 Å². The molecule has 0 bridgehead atoms. The molecule has 2 saturated carbocycles. The summed E-state index contributed by atoms with van der Waals surface area (Å²) < 4.78 is 0. The molecule has 1 nitrogen and oxygen atoms in total. The molecule has 0 radical (unpaired) electrons. The first-order valence-corrected chi connectivity index (χ1v) is 4.36. The second kappa shape index (κ2) is 1.76. The number of hydrogen-bond acceptors (Lipinski definition) is 1. The van der Waals surface area contributed by atoms with Crippen molar-refractivity contribution >= 4 is 0 Å². The summed E-state index contributed by atoms with van der Waals surface area (Å²) in [6.07, 6.45) is 4.33. The van der Waals surface area contributed by atoms with Crippen LogP contribution in [-0.2, 0) is 0 Å². The van der Waals surface area contributed by atoms with E-state index in [2.05, 4.69) is 13.8 Å². The highest BCUT2D eigenvalue weighted by molar-refractivity contribution is 5.01. The third-order valence-electron chi connectivity index (χ3n) is 3.30. The molecule has 0 aliphatic heterocycles. The van der Waals surface area contributed by atoms with Crippen LogP contribution in [0.15, 0.2) is 0 Å². The van der Waals surface area contributed by atoms with E-state index in [1.165, 1.54) is 19.3 Å². The van der Waals surface area contributed by atoms with E-state index in [4.69, 9.17) is 5.73 Å². The summed E-state index contributed by atoms with van der Waals surface area (Å²) in [5.41, 5.74) is 6.11. The maximum atomic E-state index is 6.02. The van der Waals surface area contributed by atoms with E-state index < -0.39 is 0 Å². The van der Waals surface area contributed by atoms with Crippen LogP contribution in [0.3, 0.4) is 0 Å². The minimum atomic E-state index is 0.0907. The second-order valence-corrected chi connectivity index (χ2v) is 4.75. The van der Waals surface area contributed by atoms with Gasteiger partial charge in [0.2, 0.25) is 0 Å². The van der Waals surface area contributed by atoms with Gasteiger partial charge in [0.15, 0.2) is 0 Å². The lowest BCUT2D eigenvalue weighted by Crippen LogP contribution is -2.40. The summed E-state index contributed by atoms with van der Waals surface area (Å²) >= 11 is 0. The van der Waals surface area contributed by atoms with Crippen molar-refractivity contribution in [1.29, 1.82) is 0 Å². The molecule has 2 unspecified atom stereocenters. The molecular weight excluding hydrogens is 122 g/mol. The van der Waals surface area contributed by atoms with Gasteiger partial charge in [0.25, 0.3) is 0 Å². The SMILES string of the molecule is CC(C)(N)C1CC2CC2C1. The minimum Gasteiger partial charge on any atom is -0.325 e. The fraction of sp³-hybridized carbons (Fsp3) is 1.00. The zero-order valence-electron chi connectivity index (χ0n) is 6.93. The Morgan fingerprint density at radius 2 is 1.60 bits per heavy atom. The van der Waals surface area contributed by atoms with Crippen molar-refractivity contribution in [2.45, 2.75) is 38.6 Å². The van der Waals surface area contributed by atoms with Crippen LogP contribution in [0.5, 0.6) is 0 Å². The van der Waals surface area contributed by atoms with E-state index in [9.17, 15) is 0 Å². The minimum absolute atomic E-state index is 0.0907. The zero-order chi connectivity index (χ0) is 7.35. The molecule has 2 aliphatic carbocycles. The van der Waals surface area contributed by atoms with E-state index in [1.807, 2.05) is 0 Å². The van der Waals surface area contributed by atoms with Crippen LogP contribution >= 0.6 is 0 Å². The van der Waals surface area contributed by atoms with Gasteiger partial charge in [-0.25, -0.2) is 0 Å². The van der Waals surface area contributed by atoms with Gasteiger partial charge in [-0.05, 0) is 50.9 Å². The molecular formula is C9H17N. The Balaban J connectivity index is 1.97. The van der Waals surface area contributed by atoms with Gasteiger partial charge in [-0.3, -0.25) is 0 Å².